The van der Waals surface area contributed by atoms with Gasteiger partial charge in [-0.05, 0) is 54.3 Å². The fourth-order valence-corrected chi connectivity index (χ4v) is 5.93. The van der Waals surface area contributed by atoms with E-state index in [1.165, 1.54) is 37.3 Å². The number of benzene rings is 3. The highest BCUT2D eigenvalue weighted by atomic mass is 32.2. The topological polar surface area (TPSA) is 114 Å². The molecule has 43 heavy (non-hydrogen) atoms. The molecule has 10 nitrogen and oxygen atoms in total. The van der Waals surface area contributed by atoms with Crippen molar-refractivity contribution < 1.29 is 32.2 Å². The van der Waals surface area contributed by atoms with Crippen molar-refractivity contribution in [2.45, 2.75) is 44.7 Å². The molecule has 1 atom stereocenters. The first kappa shape index (κ1) is 33.3. The van der Waals surface area contributed by atoms with Crippen LogP contribution in [0.1, 0.15) is 32.8 Å². The molecule has 0 aromatic heterocycles. The van der Waals surface area contributed by atoms with E-state index in [9.17, 15) is 18.0 Å². The molecule has 232 valence electrons. The van der Waals surface area contributed by atoms with Gasteiger partial charge in [-0.15, -0.1) is 0 Å². The van der Waals surface area contributed by atoms with Crippen molar-refractivity contribution in [1.29, 1.82) is 0 Å². The molecule has 0 heterocycles. The zero-order valence-electron chi connectivity index (χ0n) is 25.6. The Morgan fingerprint density at radius 1 is 0.860 bits per heavy atom. The summed E-state index contributed by atoms with van der Waals surface area (Å²) in [7, 11) is 0.181. The summed E-state index contributed by atoms with van der Waals surface area (Å²) in [4.78, 5) is 29.1. The minimum atomic E-state index is -4.26. The Labute approximate surface area is 254 Å². The number of anilines is 1. The Balaban J connectivity index is 2.12. The molecule has 3 rings (SSSR count). The van der Waals surface area contributed by atoms with Gasteiger partial charge in [0, 0.05) is 19.2 Å². The van der Waals surface area contributed by atoms with Gasteiger partial charge in [0.05, 0.1) is 31.9 Å². The maximum Gasteiger partial charge on any atom is 0.264 e. The van der Waals surface area contributed by atoms with Crippen molar-refractivity contribution in [2.75, 3.05) is 38.7 Å². The Bertz CT molecular complexity index is 1460. The summed E-state index contributed by atoms with van der Waals surface area (Å²) in [6.07, 6.45) is 0.319. The number of rotatable bonds is 15. The van der Waals surface area contributed by atoms with Crippen molar-refractivity contribution >= 4 is 27.5 Å². The number of ether oxygens (including phenoxy) is 3. The highest BCUT2D eigenvalue weighted by molar-refractivity contribution is 7.92. The van der Waals surface area contributed by atoms with Gasteiger partial charge in [0.25, 0.3) is 10.0 Å². The lowest BCUT2D eigenvalue weighted by Gasteiger charge is -2.33. The van der Waals surface area contributed by atoms with E-state index in [-0.39, 0.29) is 34.7 Å². The standard InChI is InChI=1S/C32H41N3O7S/c1-7-28(32(37)33-20-23(2)3)34(21-24-13-15-25(40-4)16-14-24)31(36)22-35(43(38,39)27-11-9-8-10-12-27)29-19-26(41-5)17-18-30(29)42-6/h8-19,23,28H,7,20-22H2,1-6H3,(H,33,37)/t28-/m0/s1. The van der Waals surface area contributed by atoms with E-state index >= 15 is 0 Å². The fraction of sp³-hybridized carbons (Fsp3) is 0.375. The number of hydrogen-bond acceptors (Lipinski definition) is 7. The van der Waals surface area contributed by atoms with Crippen LogP contribution in [0.5, 0.6) is 17.2 Å². The summed E-state index contributed by atoms with van der Waals surface area (Å²) in [6, 6.07) is 18.9. The van der Waals surface area contributed by atoms with Crippen molar-refractivity contribution in [3.05, 3.63) is 78.4 Å². The molecule has 11 heteroatoms. The number of nitrogens with zero attached hydrogens (tertiary/aromatic N) is 2. The zero-order valence-corrected chi connectivity index (χ0v) is 26.4. The van der Waals surface area contributed by atoms with E-state index in [1.54, 1.807) is 61.7 Å². The second kappa shape index (κ2) is 15.3. The number of nitrogens with one attached hydrogen (secondary N) is 1. The van der Waals surface area contributed by atoms with Crippen LogP contribution < -0.4 is 23.8 Å². The third kappa shape index (κ3) is 8.41. The highest BCUT2D eigenvalue weighted by Gasteiger charge is 2.35. The van der Waals surface area contributed by atoms with E-state index in [2.05, 4.69) is 5.32 Å². The van der Waals surface area contributed by atoms with Gasteiger partial charge in [-0.3, -0.25) is 13.9 Å². The van der Waals surface area contributed by atoms with Crippen LogP contribution in [0.25, 0.3) is 0 Å². The Hall–Kier alpha value is -4.25. The van der Waals surface area contributed by atoms with E-state index < -0.39 is 28.5 Å². The molecule has 0 aliphatic carbocycles. The summed E-state index contributed by atoms with van der Waals surface area (Å²) in [6.45, 7) is 5.70. The summed E-state index contributed by atoms with van der Waals surface area (Å²) >= 11 is 0. The number of hydrogen-bond donors (Lipinski definition) is 1. The number of amides is 2. The maximum absolute atomic E-state index is 14.3. The zero-order chi connectivity index (χ0) is 31.6. The van der Waals surface area contributed by atoms with Crippen molar-refractivity contribution in [3.63, 3.8) is 0 Å². The van der Waals surface area contributed by atoms with Crippen LogP contribution in [0.15, 0.2) is 77.7 Å². The molecular formula is C32H41N3O7S. The Kier molecular flexibility index (Phi) is 11.8. The minimum absolute atomic E-state index is 0.00362. The van der Waals surface area contributed by atoms with E-state index in [0.717, 1.165) is 9.87 Å². The predicted molar refractivity (Wildman–Crippen MR) is 166 cm³/mol. The largest absolute Gasteiger partial charge is 0.497 e. The van der Waals surface area contributed by atoms with Gasteiger partial charge in [0.1, 0.15) is 29.8 Å². The minimum Gasteiger partial charge on any atom is -0.497 e. The first-order valence-electron chi connectivity index (χ1n) is 14.1. The van der Waals surface area contributed by atoms with Crippen LogP contribution in [0.2, 0.25) is 0 Å². The number of carbonyl (C=O) groups excluding carboxylic acids is 2. The molecule has 0 saturated heterocycles. The first-order valence-corrected chi connectivity index (χ1v) is 15.5. The van der Waals surface area contributed by atoms with Crippen molar-refractivity contribution in [2.24, 2.45) is 5.92 Å². The fourth-order valence-electron chi connectivity index (χ4n) is 4.49. The molecule has 0 aliphatic rings. The third-order valence-electron chi connectivity index (χ3n) is 6.85. The molecule has 3 aromatic carbocycles. The smallest absolute Gasteiger partial charge is 0.264 e. The van der Waals surface area contributed by atoms with Gasteiger partial charge in [-0.25, -0.2) is 8.42 Å². The maximum atomic E-state index is 14.3. The van der Waals surface area contributed by atoms with Crippen LogP contribution in [0.3, 0.4) is 0 Å². The van der Waals surface area contributed by atoms with Crippen LogP contribution in [0, 0.1) is 5.92 Å². The predicted octanol–water partition coefficient (Wildman–Crippen LogP) is 4.49. The average molecular weight is 612 g/mol. The van der Waals surface area contributed by atoms with Crippen LogP contribution in [-0.2, 0) is 26.2 Å². The first-order chi connectivity index (χ1) is 20.5. The second-order valence-electron chi connectivity index (χ2n) is 10.3. The normalized spacial score (nSPS) is 11.9. The molecule has 2 amide bonds. The lowest BCUT2D eigenvalue weighted by molar-refractivity contribution is -0.140. The third-order valence-corrected chi connectivity index (χ3v) is 8.62. The molecule has 1 N–H and O–H groups in total. The molecule has 3 aromatic rings. The molecule has 0 spiro atoms. The van der Waals surface area contributed by atoms with Gasteiger partial charge in [-0.1, -0.05) is 51.1 Å². The molecule has 0 aliphatic heterocycles. The Morgan fingerprint density at radius 2 is 1.49 bits per heavy atom. The SMILES string of the molecule is CC[C@@H](C(=O)NCC(C)C)N(Cc1ccc(OC)cc1)C(=O)CN(c1cc(OC)ccc1OC)S(=O)(=O)c1ccccc1. The van der Waals surface area contributed by atoms with E-state index in [4.69, 9.17) is 14.2 Å². The molecule has 0 unspecified atom stereocenters. The van der Waals surface area contributed by atoms with Gasteiger partial charge >= 0.3 is 0 Å². The molecule has 0 radical (unpaired) electrons. The van der Waals surface area contributed by atoms with Crippen LogP contribution >= 0.6 is 0 Å². The van der Waals surface area contributed by atoms with Crippen molar-refractivity contribution in [3.8, 4) is 17.2 Å². The molecule has 0 fully saturated rings. The van der Waals surface area contributed by atoms with E-state index in [1.807, 2.05) is 20.8 Å². The number of methoxy groups -OCH3 is 3. The average Bonchev–Trinajstić information content (AvgIpc) is 3.02. The van der Waals surface area contributed by atoms with Gasteiger partial charge in [0.2, 0.25) is 11.8 Å². The molecular weight excluding hydrogens is 570 g/mol. The van der Waals surface area contributed by atoms with E-state index in [0.29, 0.717) is 24.5 Å². The van der Waals surface area contributed by atoms with Gasteiger partial charge in [0.15, 0.2) is 0 Å². The lowest BCUT2D eigenvalue weighted by Crippen LogP contribution is -2.52. The van der Waals surface area contributed by atoms with Crippen molar-refractivity contribution in [1.82, 2.24) is 10.2 Å². The second-order valence-corrected chi connectivity index (χ2v) is 12.2. The summed E-state index contributed by atoms with van der Waals surface area (Å²) in [5.74, 6) is 0.594. The molecule has 0 bridgehead atoms. The van der Waals surface area contributed by atoms with Crippen LogP contribution in [-0.4, -0.2) is 65.6 Å². The van der Waals surface area contributed by atoms with Gasteiger partial charge in [-0.2, -0.15) is 0 Å². The summed E-state index contributed by atoms with van der Waals surface area (Å²) < 4.78 is 45.4. The quantitative estimate of drug-likeness (QED) is 0.269. The number of sulfonamides is 1. The lowest BCUT2D eigenvalue weighted by atomic mass is 10.1. The summed E-state index contributed by atoms with van der Waals surface area (Å²) in [5.41, 5.74) is 0.876. The number of carbonyl (C=O) groups is 2. The summed E-state index contributed by atoms with van der Waals surface area (Å²) in [5, 5.41) is 2.93. The monoisotopic (exact) mass is 611 g/mol. The van der Waals surface area contributed by atoms with Crippen LogP contribution in [0.4, 0.5) is 5.69 Å². The van der Waals surface area contributed by atoms with Gasteiger partial charge < -0.3 is 24.4 Å². The highest BCUT2D eigenvalue weighted by Crippen LogP contribution is 2.36. The molecule has 0 saturated carbocycles. The Morgan fingerprint density at radius 3 is 2.05 bits per heavy atom.